The second kappa shape index (κ2) is 9.65. The standard InChI is InChI=1S/C23H23FN8OS/c1-2-26-22(33)31-23-30-19-18(24)15(11-16(20(19)34-23)17-5-3-4-6-27-17)14-12-28-21(29-13-14)32-9-7-25-8-10-32/h3-6,11-13,25H,2,7-10H2,1H3,(H2,26,30,31,33). The molecule has 0 atom stereocenters. The Kier molecular flexibility index (Phi) is 6.28. The number of amides is 2. The summed E-state index contributed by atoms with van der Waals surface area (Å²) in [7, 11) is 0. The molecule has 0 unspecified atom stereocenters. The zero-order valence-electron chi connectivity index (χ0n) is 18.5. The highest BCUT2D eigenvalue weighted by molar-refractivity contribution is 7.22. The van der Waals surface area contributed by atoms with Crippen molar-refractivity contribution in [3.63, 3.8) is 0 Å². The van der Waals surface area contributed by atoms with Gasteiger partial charge in [0.1, 0.15) is 5.52 Å². The fourth-order valence-electron chi connectivity index (χ4n) is 3.82. The van der Waals surface area contributed by atoms with E-state index in [1.165, 1.54) is 11.3 Å². The summed E-state index contributed by atoms with van der Waals surface area (Å²) in [6.07, 6.45) is 4.96. The maximum absolute atomic E-state index is 15.7. The van der Waals surface area contributed by atoms with Gasteiger partial charge in [0.05, 0.1) is 10.4 Å². The molecule has 174 valence electrons. The van der Waals surface area contributed by atoms with Gasteiger partial charge >= 0.3 is 6.03 Å². The predicted molar refractivity (Wildman–Crippen MR) is 132 cm³/mol. The van der Waals surface area contributed by atoms with Crippen molar-refractivity contribution in [1.82, 2.24) is 30.6 Å². The van der Waals surface area contributed by atoms with Gasteiger partial charge in [-0.2, -0.15) is 0 Å². The smallest absolute Gasteiger partial charge is 0.321 e. The number of halogens is 1. The molecule has 0 radical (unpaired) electrons. The molecule has 0 bridgehead atoms. The van der Waals surface area contributed by atoms with E-state index in [4.69, 9.17) is 0 Å². The van der Waals surface area contributed by atoms with Crippen molar-refractivity contribution in [3.8, 4) is 22.4 Å². The molecule has 0 saturated carbocycles. The lowest BCUT2D eigenvalue weighted by atomic mass is 10.0. The quantitative estimate of drug-likeness (QED) is 0.403. The minimum atomic E-state index is -0.492. The molecule has 3 aromatic heterocycles. The number of nitrogens with zero attached hydrogens (tertiary/aromatic N) is 5. The van der Waals surface area contributed by atoms with Crippen molar-refractivity contribution in [2.45, 2.75) is 6.92 Å². The van der Waals surface area contributed by atoms with Crippen molar-refractivity contribution in [2.24, 2.45) is 0 Å². The van der Waals surface area contributed by atoms with Crippen LogP contribution in [-0.4, -0.2) is 58.7 Å². The number of urea groups is 1. The highest BCUT2D eigenvalue weighted by Gasteiger charge is 2.21. The highest BCUT2D eigenvalue weighted by Crippen LogP contribution is 2.40. The van der Waals surface area contributed by atoms with Crippen LogP contribution in [0.2, 0.25) is 0 Å². The Labute approximate surface area is 199 Å². The molecule has 34 heavy (non-hydrogen) atoms. The Balaban J connectivity index is 1.59. The molecular formula is C23H23FN8OS. The molecule has 1 aliphatic rings. The van der Waals surface area contributed by atoms with E-state index >= 15 is 4.39 Å². The number of aromatic nitrogens is 4. The van der Waals surface area contributed by atoms with Gasteiger partial charge in [-0.05, 0) is 25.1 Å². The average Bonchev–Trinajstić information content (AvgIpc) is 3.30. The number of hydrogen-bond donors (Lipinski definition) is 3. The van der Waals surface area contributed by atoms with Crippen LogP contribution in [0.3, 0.4) is 0 Å². The van der Waals surface area contributed by atoms with Gasteiger partial charge in [0, 0.05) is 68.0 Å². The van der Waals surface area contributed by atoms with Crippen molar-refractivity contribution in [3.05, 3.63) is 48.7 Å². The summed E-state index contributed by atoms with van der Waals surface area (Å²) in [6.45, 7) is 5.69. The molecule has 4 aromatic rings. The number of rotatable bonds is 5. The average molecular weight is 479 g/mol. The van der Waals surface area contributed by atoms with Crippen molar-refractivity contribution in [1.29, 1.82) is 0 Å². The van der Waals surface area contributed by atoms with Gasteiger partial charge in [-0.25, -0.2) is 24.1 Å². The van der Waals surface area contributed by atoms with E-state index in [1.807, 2.05) is 25.1 Å². The first kappa shape index (κ1) is 22.1. The van der Waals surface area contributed by atoms with E-state index in [9.17, 15) is 4.79 Å². The summed E-state index contributed by atoms with van der Waals surface area (Å²) in [6, 6.07) is 6.91. The van der Waals surface area contributed by atoms with E-state index in [0.29, 0.717) is 39.1 Å². The summed E-state index contributed by atoms with van der Waals surface area (Å²) in [4.78, 5) is 31.9. The van der Waals surface area contributed by atoms with Crippen LogP contribution in [0.15, 0.2) is 42.9 Å². The SMILES string of the molecule is CCNC(=O)Nc1nc2c(F)c(-c3cnc(N4CCNCC4)nc3)cc(-c3ccccn3)c2s1. The second-order valence-corrected chi connectivity index (χ2v) is 8.69. The summed E-state index contributed by atoms with van der Waals surface area (Å²) in [5.41, 5.74) is 2.44. The molecular weight excluding hydrogens is 455 g/mol. The molecule has 0 spiro atoms. The van der Waals surface area contributed by atoms with Crippen molar-refractivity contribution in [2.75, 3.05) is 42.9 Å². The van der Waals surface area contributed by atoms with Crippen LogP contribution in [0.5, 0.6) is 0 Å². The fraction of sp³-hybridized carbons (Fsp3) is 0.261. The van der Waals surface area contributed by atoms with Crippen LogP contribution in [0, 0.1) is 5.82 Å². The highest BCUT2D eigenvalue weighted by atomic mass is 32.1. The van der Waals surface area contributed by atoms with Crippen LogP contribution in [-0.2, 0) is 0 Å². The number of anilines is 2. The van der Waals surface area contributed by atoms with E-state index in [-0.39, 0.29) is 5.52 Å². The summed E-state index contributed by atoms with van der Waals surface area (Å²) >= 11 is 1.21. The van der Waals surface area contributed by atoms with Gasteiger partial charge < -0.3 is 15.5 Å². The van der Waals surface area contributed by atoms with Crippen LogP contribution in [0.1, 0.15) is 6.92 Å². The minimum Gasteiger partial charge on any atom is -0.338 e. The number of thiazole rings is 1. The number of benzene rings is 1. The number of carbonyl (C=O) groups is 1. The minimum absolute atomic E-state index is 0.168. The number of fused-ring (bicyclic) bond motifs is 1. The van der Waals surface area contributed by atoms with Gasteiger partial charge in [0.25, 0.3) is 0 Å². The van der Waals surface area contributed by atoms with Gasteiger partial charge in [0.2, 0.25) is 5.95 Å². The Bertz CT molecular complexity index is 1310. The summed E-state index contributed by atoms with van der Waals surface area (Å²) < 4.78 is 16.3. The molecule has 0 aliphatic carbocycles. The number of piperazine rings is 1. The number of pyridine rings is 1. The third-order valence-electron chi connectivity index (χ3n) is 5.45. The third-order valence-corrected chi connectivity index (χ3v) is 6.46. The first-order valence-corrected chi connectivity index (χ1v) is 11.8. The zero-order valence-corrected chi connectivity index (χ0v) is 19.3. The topological polar surface area (TPSA) is 108 Å². The molecule has 1 fully saturated rings. The van der Waals surface area contributed by atoms with Gasteiger partial charge in [-0.15, -0.1) is 0 Å². The largest absolute Gasteiger partial charge is 0.338 e. The van der Waals surface area contributed by atoms with E-state index in [1.54, 1.807) is 24.7 Å². The van der Waals surface area contributed by atoms with E-state index in [2.05, 4.69) is 40.8 Å². The fourth-order valence-corrected chi connectivity index (χ4v) is 4.80. The lowest BCUT2D eigenvalue weighted by Crippen LogP contribution is -2.44. The van der Waals surface area contributed by atoms with Gasteiger partial charge in [-0.1, -0.05) is 17.4 Å². The molecule has 1 aliphatic heterocycles. The molecule has 5 rings (SSSR count). The van der Waals surface area contributed by atoms with Gasteiger partial charge in [-0.3, -0.25) is 10.3 Å². The Morgan fingerprint density at radius 1 is 1.18 bits per heavy atom. The van der Waals surface area contributed by atoms with Crippen molar-refractivity contribution < 1.29 is 9.18 Å². The molecule has 2 amide bonds. The van der Waals surface area contributed by atoms with Crippen LogP contribution >= 0.6 is 11.3 Å². The monoisotopic (exact) mass is 478 g/mol. The van der Waals surface area contributed by atoms with Crippen LogP contribution < -0.4 is 20.9 Å². The maximum atomic E-state index is 15.7. The molecule has 11 heteroatoms. The number of carbonyl (C=O) groups excluding carboxylic acids is 1. The van der Waals surface area contributed by atoms with E-state index < -0.39 is 11.8 Å². The maximum Gasteiger partial charge on any atom is 0.321 e. The predicted octanol–water partition coefficient (Wildman–Crippen LogP) is 3.51. The Hall–Kier alpha value is -3.70. The van der Waals surface area contributed by atoms with E-state index in [0.717, 1.165) is 31.7 Å². The Morgan fingerprint density at radius 3 is 2.68 bits per heavy atom. The number of nitrogens with one attached hydrogen (secondary N) is 3. The Morgan fingerprint density at radius 2 is 1.97 bits per heavy atom. The lowest BCUT2D eigenvalue weighted by Gasteiger charge is -2.27. The first-order valence-electron chi connectivity index (χ1n) is 11.0. The molecule has 9 nitrogen and oxygen atoms in total. The summed E-state index contributed by atoms with van der Waals surface area (Å²) in [5, 5.41) is 8.94. The second-order valence-electron chi connectivity index (χ2n) is 7.69. The first-order chi connectivity index (χ1) is 16.6. The third kappa shape index (κ3) is 4.39. The normalized spacial score (nSPS) is 13.8. The van der Waals surface area contributed by atoms with Gasteiger partial charge in [0.15, 0.2) is 10.9 Å². The zero-order chi connectivity index (χ0) is 23.5. The van der Waals surface area contributed by atoms with Crippen molar-refractivity contribution >= 4 is 38.7 Å². The number of hydrogen-bond acceptors (Lipinski definition) is 8. The molecule has 1 aromatic carbocycles. The molecule has 1 saturated heterocycles. The van der Waals surface area contributed by atoms with Crippen LogP contribution in [0.25, 0.3) is 32.6 Å². The molecule has 4 heterocycles. The summed E-state index contributed by atoms with van der Waals surface area (Å²) in [5.74, 6) is 0.132. The van der Waals surface area contributed by atoms with Crippen LogP contribution in [0.4, 0.5) is 20.3 Å². The molecule has 3 N–H and O–H groups in total. The lowest BCUT2D eigenvalue weighted by molar-refractivity contribution is 0.252.